The summed E-state index contributed by atoms with van der Waals surface area (Å²) in [5.41, 5.74) is 14.0. The largest absolute Gasteiger partial charge is 0.383 e. The lowest BCUT2D eigenvalue weighted by molar-refractivity contribution is 0.911. The van der Waals surface area contributed by atoms with Crippen molar-refractivity contribution in [2.45, 2.75) is 51.9 Å². The topological polar surface area (TPSA) is 69.6 Å². The number of hydrogen-bond donors (Lipinski definition) is 1. The maximum absolute atomic E-state index is 6.21. The molecule has 2 aliphatic rings. The minimum atomic E-state index is 0.489. The third kappa shape index (κ3) is 3.15. The van der Waals surface area contributed by atoms with Crippen molar-refractivity contribution in [1.29, 1.82) is 0 Å². The molecule has 4 aromatic rings. The highest BCUT2D eigenvalue weighted by Crippen LogP contribution is 2.40. The summed E-state index contributed by atoms with van der Waals surface area (Å²) in [6.07, 6.45) is 7.72. The lowest BCUT2D eigenvalue weighted by atomic mass is 10.1. The van der Waals surface area contributed by atoms with E-state index < -0.39 is 0 Å². The van der Waals surface area contributed by atoms with Crippen molar-refractivity contribution in [1.82, 2.24) is 19.5 Å². The SMILES string of the molecule is CC.Nc1ncccc1-c1nc2ccc(C3CC3)nc2n1-c1ccc2c(c1)CCC2. The number of nitrogens with two attached hydrogens (primary N) is 1. The Bertz CT molecular complexity index is 1220. The molecule has 0 atom stereocenters. The fourth-order valence-electron chi connectivity index (χ4n) is 4.31. The Morgan fingerprint density at radius 3 is 2.60 bits per heavy atom. The van der Waals surface area contributed by atoms with Crippen LogP contribution in [0.15, 0.2) is 48.7 Å². The first-order chi connectivity index (χ1) is 14.8. The number of fused-ring (bicyclic) bond motifs is 2. The molecule has 3 heterocycles. The predicted molar refractivity (Wildman–Crippen MR) is 122 cm³/mol. The van der Waals surface area contributed by atoms with Crippen molar-refractivity contribution in [3.63, 3.8) is 0 Å². The zero-order valence-electron chi connectivity index (χ0n) is 17.6. The minimum absolute atomic E-state index is 0.489. The molecule has 1 aromatic carbocycles. The van der Waals surface area contributed by atoms with E-state index in [-0.39, 0.29) is 0 Å². The number of rotatable bonds is 3. The molecule has 5 heteroatoms. The molecule has 0 bridgehead atoms. The molecule has 30 heavy (non-hydrogen) atoms. The van der Waals surface area contributed by atoms with Crippen LogP contribution in [0.1, 0.15) is 55.8 Å². The van der Waals surface area contributed by atoms with Gasteiger partial charge in [0.05, 0.1) is 5.56 Å². The standard InChI is InChI=1S/C23H21N5.C2H6/c24-21-18(5-2-12-25-21)22-27-20-11-10-19(15-6-7-15)26-23(20)28(22)17-9-8-14-3-1-4-16(14)13-17;1-2/h2,5,8-13,15H,1,3-4,6-7H2,(H2,24,25);1-2H3. The van der Waals surface area contributed by atoms with E-state index in [0.29, 0.717) is 11.7 Å². The van der Waals surface area contributed by atoms with Gasteiger partial charge in [-0.15, -0.1) is 0 Å². The number of aryl methyl sites for hydroxylation is 2. The second-order valence-electron chi connectivity index (χ2n) is 7.87. The van der Waals surface area contributed by atoms with E-state index in [1.165, 1.54) is 42.5 Å². The van der Waals surface area contributed by atoms with Gasteiger partial charge < -0.3 is 5.73 Å². The normalized spacial score (nSPS) is 15.0. The summed E-state index contributed by atoms with van der Waals surface area (Å²) in [6.45, 7) is 4.00. The Morgan fingerprint density at radius 1 is 0.967 bits per heavy atom. The van der Waals surface area contributed by atoms with Crippen LogP contribution in [0.25, 0.3) is 28.2 Å². The number of imidazole rings is 1. The van der Waals surface area contributed by atoms with E-state index in [4.69, 9.17) is 15.7 Å². The first-order valence-electron chi connectivity index (χ1n) is 11.0. The summed E-state index contributed by atoms with van der Waals surface area (Å²) in [7, 11) is 0. The van der Waals surface area contributed by atoms with Crippen LogP contribution in [-0.4, -0.2) is 19.5 Å². The first-order valence-corrected chi connectivity index (χ1v) is 11.0. The smallest absolute Gasteiger partial charge is 0.165 e. The average Bonchev–Trinajstić information content (AvgIpc) is 3.41. The zero-order valence-corrected chi connectivity index (χ0v) is 17.6. The van der Waals surface area contributed by atoms with E-state index in [9.17, 15) is 0 Å². The Balaban J connectivity index is 0.000000937. The van der Waals surface area contributed by atoms with Gasteiger partial charge in [0.2, 0.25) is 0 Å². The monoisotopic (exact) mass is 397 g/mol. The lowest BCUT2D eigenvalue weighted by Gasteiger charge is -2.12. The molecule has 1 fully saturated rings. The molecule has 2 N–H and O–H groups in total. The minimum Gasteiger partial charge on any atom is -0.383 e. The summed E-state index contributed by atoms with van der Waals surface area (Å²) in [4.78, 5) is 14.2. The summed E-state index contributed by atoms with van der Waals surface area (Å²) in [5.74, 6) is 1.89. The zero-order chi connectivity index (χ0) is 20.7. The molecule has 0 aliphatic heterocycles. The van der Waals surface area contributed by atoms with Crippen molar-refractivity contribution in [3.05, 3.63) is 65.5 Å². The van der Waals surface area contributed by atoms with Crippen LogP contribution >= 0.6 is 0 Å². The molecule has 2 aliphatic carbocycles. The summed E-state index contributed by atoms with van der Waals surface area (Å²) in [6, 6.07) is 14.8. The molecule has 0 unspecified atom stereocenters. The second kappa shape index (κ2) is 7.56. The van der Waals surface area contributed by atoms with Crippen LogP contribution in [0.4, 0.5) is 5.82 Å². The maximum Gasteiger partial charge on any atom is 0.165 e. The third-order valence-corrected chi connectivity index (χ3v) is 5.94. The molecule has 0 saturated heterocycles. The van der Waals surface area contributed by atoms with E-state index in [1.807, 2.05) is 26.0 Å². The Hall–Kier alpha value is -3.21. The number of anilines is 1. The molecule has 5 nitrogen and oxygen atoms in total. The van der Waals surface area contributed by atoms with Gasteiger partial charge in [0, 0.05) is 23.5 Å². The van der Waals surface area contributed by atoms with Crippen molar-refractivity contribution in [2.75, 3.05) is 5.73 Å². The highest BCUT2D eigenvalue weighted by atomic mass is 15.1. The van der Waals surface area contributed by atoms with Gasteiger partial charge in [0.1, 0.15) is 11.3 Å². The van der Waals surface area contributed by atoms with Crippen molar-refractivity contribution in [2.24, 2.45) is 0 Å². The maximum atomic E-state index is 6.21. The van der Waals surface area contributed by atoms with Gasteiger partial charge in [0.25, 0.3) is 0 Å². The Labute approximate surface area is 177 Å². The van der Waals surface area contributed by atoms with Gasteiger partial charge >= 0.3 is 0 Å². The number of hydrogen-bond acceptors (Lipinski definition) is 4. The van der Waals surface area contributed by atoms with E-state index in [1.54, 1.807) is 6.20 Å². The molecule has 3 aromatic heterocycles. The quantitative estimate of drug-likeness (QED) is 0.498. The highest BCUT2D eigenvalue weighted by Gasteiger charge is 2.27. The number of pyridine rings is 2. The molecule has 6 rings (SSSR count). The van der Waals surface area contributed by atoms with Crippen molar-refractivity contribution >= 4 is 17.0 Å². The van der Waals surface area contributed by atoms with Crippen molar-refractivity contribution in [3.8, 4) is 17.1 Å². The number of aromatic nitrogens is 4. The number of benzene rings is 1. The van der Waals surface area contributed by atoms with Gasteiger partial charge in [-0.2, -0.15) is 0 Å². The third-order valence-electron chi connectivity index (χ3n) is 5.94. The Morgan fingerprint density at radius 2 is 1.80 bits per heavy atom. The van der Waals surface area contributed by atoms with Gasteiger partial charge in [0.15, 0.2) is 11.5 Å². The fourth-order valence-corrected chi connectivity index (χ4v) is 4.31. The molecular formula is C25H27N5. The van der Waals surface area contributed by atoms with Gasteiger partial charge in [-0.1, -0.05) is 19.9 Å². The van der Waals surface area contributed by atoms with Crippen LogP contribution in [-0.2, 0) is 12.8 Å². The van der Waals surface area contributed by atoms with Crippen LogP contribution in [0.5, 0.6) is 0 Å². The summed E-state index contributed by atoms with van der Waals surface area (Å²) in [5, 5.41) is 0. The molecule has 0 amide bonds. The summed E-state index contributed by atoms with van der Waals surface area (Å²) >= 11 is 0. The molecule has 0 radical (unpaired) electrons. The fraction of sp³-hybridized carbons (Fsp3) is 0.320. The predicted octanol–water partition coefficient (Wildman–Crippen LogP) is 5.46. The average molecular weight is 398 g/mol. The van der Waals surface area contributed by atoms with E-state index in [0.717, 1.165) is 34.7 Å². The Kier molecular flexibility index (Phi) is 4.74. The number of nitrogen functional groups attached to an aromatic ring is 1. The molecular weight excluding hydrogens is 370 g/mol. The summed E-state index contributed by atoms with van der Waals surface area (Å²) < 4.78 is 2.16. The van der Waals surface area contributed by atoms with Crippen molar-refractivity contribution < 1.29 is 0 Å². The second-order valence-corrected chi connectivity index (χ2v) is 7.87. The van der Waals surface area contributed by atoms with Gasteiger partial charge in [-0.3, -0.25) is 4.57 Å². The first kappa shape index (κ1) is 18.8. The number of nitrogens with zero attached hydrogens (tertiary/aromatic N) is 4. The highest BCUT2D eigenvalue weighted by molar-refractivity contribution is 5.83. The van der Waals surface area contributed by atoms with Crippen LogP contribution < -0.4 is 5.73 Å². The van der Waals surface area contributed by atoms with E-state index >= 15 is 0 Å². The molecule has 0 spiro atoms. The molecule has 152 valence electrons. The van der Waals surface area contributed by atoms with E-state index in [2.05, 4.69) is 39.9 Å². The lowest BCUT2D eigenvalue weighted by Crippen LogP contribution is -2.03. The van der Waals surface area contributed by atoms with Crippen LogP contribution in [0.3, 0.4) is 0 Å². The van der Waals surface area contributed by atoms with Crippen LogP contribution in [0.2, 0.25) is 0 Å². The van der Waals surface area contributed by atoms with Gasteiger partial charge in [-0.25, -0.2) is 15.0 Å². The van der Waals surface area contributed by atoms with Gasteiger partial charge in [-0.05, 0) is 79.6 Å². The van der Waals surface area contributed by atoms with Crippen LogP contribution in [0, 0.1) is 0 Å². The molecule has 1 saturated carbocycles.